The summed E-state index contributed by atoms with van der Waals surface area (Å²) in [6, 6.07) is 7.33. The molecule has 1 saturated carbocycles. The number of imide groups is 1. The first-order valence-corrected chi connectivity index (χ1v) is 13.0. The van der Waals surface area contributed by atoms with Crippen molar-refractivity contribution in [2.24, 2.45) is 11.8 Å². The summed E-state index contributed by atoms with van der Waals surface area (Å²) in [6.45, 7) is 4.12. The average Bonchev–Trinajstić information content (AvgIpc) is 3.11. The van der Waals surface area contributed by atoms with E-state index in [0.717, 1.165) is 36.8 Å². The van der Waals surface area contributed by atoms with Crippen molar-refractivity contribution in [2.45, 2.75) is 83.8 Å². The number of allylic oxidation sites excluding steroid dienone is 2. The van der Waals surface area contributed by atoms with Crippen LogP contribution in [0.4, 0.5) is 0 Å². The fourth-order valence-electron chi connectivity index (χ4n) is 5.56. The van der Waals surface area contributed by atoms with E-state index in [1.54, 1.807) is 11.8 Å². The van der Waals surface area contributed by atoms with Gasteiger partial charge in [-0.2, -0.15) is 0 Å². The summed E-state index contributed by atoms with van der Waals surface area (Å²) in [7, 11) is 0. The molecule has 1 aromatic rings. The van der Waals surface area contributed by atoms with E-state index in [9.17, 15) is 19.2 Å². The molecule has 7 heteroatoms. The molecule has 188 valence electrons. The number of amides is 4. The summed E-state index contributed by atoms with van der Waals surface area (Å²) in [5.74, 6) is -1.33. The Kier molecular flexibility index (Phi) is 8.04. The number of nitrogens with one attached hydrogen (secondary N) is 1. The summed E-state index contributed by atoms with van der Waals surface area (Å²) < 4.78 is 0. The summed E-state index contributed by atoms with van der Waals surface area (Å²) in [5, 5.41) is 3.14. The Bertz CT molecular complexity index is 972. The highest BCUT2D eigenvalue weighted by Gasteiger charge is 2.47. The summed E-state index contributed by atoms with van der Waals surface area (Å²) in [4.78, 5) is 55.1. The van der Waals surface area contributed by atoms with Crippen LogP contribution >= 0.6 is 0 Å². The molecule has 1 unspecified atom stereocenters. The number of benzene rings is 1. The Morgan fingerprint density at radius 2 is 1.66 bits per heavy atom. The fourth-order valence-corrected chi connectivity index (χ4v) is 5.56. The Morgan fingerprint density at radius 1 is 1.03 bits per heavy atom. The molecule has 0 aromatic heterocycles. The van der Waals surface area contributed by atoms with Crippen molar-refractivity contribution in [3.8, 4) is 0 Å². The zero-order valence-corrected chi connectivity index (χ0v) is 20.9. The van der Waals surface area contributed by atoms with E-state index >= 15 is 0 Å². The lowest BCUT2D eigenvalue weighted by Gasteiger charge is -2.32. The van der Waals surface area contributed by atoms with Crippen molar-refractivity contribution in [1.29, 1.82) is 0 Å². The first-order chi connectivity index (χ1) is 16.9. The zero-order chi connectivity index (χ0) is 24.9. The Balaban J connectivity index is 1.45. The van der Waals surface area contributed by atoms with Gasteiger partial charge in [-0.25, -0.2) is 0 Å². The Morgan fingerprint density at radius 3 is 2.29 bits per heavy atom. The summed E-state index contributed by atoms with van der Waals surface area (Å²) >= 11 is 0. The van der Waals surface area contributed by atoms with Crippen molar-refractivity contribution in [2.75, 3.05) is 6.54 Å². The van der Waals surface area contributed by atoms with Crippen molar-refractivity contribution in [3.63, 3.8) is 0 Å². The molecule has 35 heavy (non-hydrogen) atoms. The van der Waals surface area contributed by atoms with Crippen LogP contribution in [0.5, 0.6) is 0 Å². The van der Waals surface area contributed by atoms with Crippen LogP contribution in [0.2, 0.25) is 0 Å². The van der Waals surface area contributed by atoms with Crippen molar-refractivity contribution >= 4 is 23.6 Å². The predicted molar refractivity (Wildman–Crippen MR) is 133 cm³/mol. The molecule has 1 N–H and O–H groups in total. The third-order valence-electron chi connectivity index (χ3n) is 7.87. The molecule has 0 radical (unpaired) electrons. The predicted octanol–water partition coefficient (Wildman–Crippen LogP) is 3.50. The van der Waals surface area contributed by atoms with Crippen LogP contribution in [0.3, 0.4) is 0 Å². The van der Waals surface area contributed by atoms with E-state index in [1.165, 1.54) is 11.3 Å². The van der Waals surface area contributed by atoms with Crippen LogP contribution in [-0.4, -0.2) is 52.1 Å². The van der Waals surface area contributed by atoms with Gasteiger partial charge in [0.1, 0.15) is 6.04 Å². The maximum absolute atomic E-state index is 13.5. The number of hydrogen-bond donors (Lipinski definition) is 1. The zero-order valence-electron chi connectivity index (χ0n) is 20.9. The third-order valence-corrected chi connectivity index (χ3v) is 7.87. The maximum atomic E-state index is 13.5. The minimum Gasteiger partial charge on any atom is -0.352 e. The van der Waals surface area contributed by atoms with Crippen LogP contribution in [0.25, 0.3) is 0 Å². The number of hydrogen-bond acceptors (Lipinski definition) is 4. The van der Waals surface area contributed by atoms with E-state index in [-0.39, 0.29) is 54.5 Å². The van der Waals surface area contributed by atoms with Gasteiger partial charge in [-0.05, 0) is 50.7 Å². The quantitative estimate of drug-likeness (QED) is 0.457. The number of carbonyl (C=O) groups is 4. The summed E-state index contributed by atoms with van der Waals surface area (Å²) in [6.07, 6.45) is 10.5. The number of nitrogens with zero attached hydrogens (tertiary/aromatic N) is 2. The van der Waals surface area contributed by atoms with Gasteiger partial charge in [-0.1, -0.05) is 55.7 Å². The van der Waals surface area contributed by atoms with Gasteiger partial charge >= 0.3 is 0 Å². The van der Waals surface area contributed by atoms with Gasteiger partial charge in [0.2, 0.25) is 23.6 Å². The van der Waals surface area contributed by atoms with Gasteiger partial charge in [-0.3, -0.25) is 24.1 Å². The summed E-state index contributed by atoms with van der Waals surface area (Å²) in [5.41, 5.74) is 2.02. The first kappa shape index (κ1) is 25.1. The molecule has 7 nitrogen and oxygen atoms in total. The SMILES string of the molecule is Cc1ccccc1CN(C(=O)CCN1C(=O)[C@H]2CC=CC[C@H]2C1=O)C(C)C(=O)NC1CCCCC1. The van der Waals surface area contributed by atoms with Crippen molar-refractivity contribution in [1.82, 2.24) is 15.1 Å². The van der Waals surface area contributed by atoms with Gasteiger partial charge in [-0.15, -0.1) is 0 Å². The number of rotatable bonds is 8. The van der Waals surface area contributed by atoms with Gasteiger partial charge in [0.15, 0.2) is 0 Å². The van der Waals surface area contributed by atoms with Crippen LogP contribution < -0.4 is 5.32 Å². The van der Waals surface area contributed by atoms with Crippen molar-refractivity contribution < 1.29 is 19.2 Å². The molecule has 4 rings (SSSR count). The van der Waals surface area contributed by atoms with E-state index < -0.39 is 6.04 Å². The number of aryl methyl sites for hydroxylation is 1. The highest BCUT2D eigenvalue weighted by Crippen LogP contribution is 2.35. The molecular weight excluding hydrogens is 442 g/mol. The molecule has 2 fully saturated rings. The fraction of sp³-hybridized carbons (Fsp3) is 0.571. The minimum absolute atomic E-state index is 0.0112. The molecule has 3 atom stereocenters. The lowest BCUT2D eigenvalue weighted by Crippen LogP contribution is -2.51. The molecule has 1 heterocycles. The topological polar surface area (TPSA) is 86.8 Å². The molecular formula is C28H37N3O4. The second kappa shape index (κ2) is 11.2. The van der Waals surface area contributed by atoms with E-state index in [2.05, 4.69) is 5.32 Å². The minimum atomic E-state index is -0.652. The highest BCUT2D eigenvalue weighted by molar-refractivity contribution is 6.05. The lowest BCUT2D eigenvalue weighted by atomic mass is 9.85. The monoisotopic (exact) mass is 479 g/mol. The Hall–Kier alpha value is -2.96. The van der Waals surface area contributed by atoms with Crippen LogP contribution in [0, 0.1) is 18.8 Å². The molecule has 4 amide bonds. The van der Waals surface area contributed by atoms with Gasteiger partial charge < -0.3 is 10.2 Å². The van der Waals surface area contributed by atoms with Crippen molar-refractivity contribution in [3.05, 3.63) is 47.5 Å². The largest absolute Gasteiger partial charge is 0.352 e. The molecule has 2 aliphatic carbocycles. The molecule has 1 aliphatic heterocycles. The molecule has 0 spiro atoms. The standard InChI is InChI=1S/C28H37N3O4/c1-19-10-6-7-11-21(19)18-31(20(2)26(33)29-22-12-4-3-5-13-22)25(32)16-17-30-27(34)23-14-8-9-15-24(23)28(30)35/h6-11,20,22-24H,3-5,12-18H2,1-2H3,(H,29,33)/t20?,23-,24+. The molecule has 0 bridgehead atoms. The first-order valence-electron chi connectivity index (χ1n) is 13.0. The average molecular weight is 480 g/mol. The van der Waals surface area contributed by atoms with Crippen LogP contribution in [0.1, 0.15) is 69.4 Å². The smallest absolute Gasteiger partial charge is 0.242 e. The molecule has 3 aliphatic rings. The second-order valence-corrected chi connectivity index (χ2v) is 10.2. The third kappa shape index (κ3) is 5.65. The van der Waals surface area contributed by atoms with E-state index in [1.807, 2.05) is 43.3 Å². The molecule has 1 aromatic carbocycles. The number of likely N-dealkylation sites (tertiary alicyclic amines) is 1. The second-order valence-electron chi connectivity index (χ2n) is 10.2. The van der Waals surface area contributed by atoms with Gasteiger partial charge in [0, 0.05) is 25.6 Å². The van der Waals surface area contributed by atoms with Gasteiger partial charge in [0.25, 0.3) is 0 Å². The van der Waals surface area contributed by atoms with Gasteiger partial charge in [0.05, 0.1) is 11.8 Å². The molecule has 1 saturated heterocycles. The van der Waals surface area contributed by atoms with Crippen LogP contribution in [0.15, 0.2) is 36.4 Å². The normalized spacial score (nSPS) is 23.2. The van der Waals surface area contributed by atoms with Crippen LogP contribution in [-0.2, 0) is 25.7 Å². The van der Waals surface area contributed by atoms with E-state index in [4.69, 9.17) is 0 Å². The highest BCUT2D eigenvalue weighted by atomic mass is 16.2. The van der Waals surface area contributed by atoms with E-state index in [0.29, 0.717) is 19.4 Å². The number of carbonyl (C=O) groups excluding carboxylic acids is 4. The lowest BCUT2D eigenvalue weighted by molar-refractivity contribution is -0.144. The maximum Gasteiger partial charge on any atom is 0.242 e. The number of fused-ring (bicyclic) bond motifs is 1. The Labute approximate surface area is 207 Å².